The minimum Gasteiger partial charge on any atom is -0.475 e. The molecule has 0 aliphatic carbocycles. The zero-order valence-corrected chi connectivity index (χ0v) is 16.1. The molecule has 0 bridgehead atoms. The molecule has 1 amide bonds. The zero-order chi connectivity index (χ0) is 21.0. The number of thiophene rings is 1. The van der Waals surface area contributed by atoms with Gasteiger partial charge in [-0.05, 0) is 41.3 Å². The highest BCUT2D eigenvalue weighted by atomic mass is 32.1. The fourth-order valence-electron chi connectivity index (χ4n) is 3.65. The van der Waals surface area contributed by atoms with Gasteiger partial charge in [0.15, 0.2) is 0 Å². The van der Waals surface area contributed by atoms with E-state index in [-0.39, 0.29) is 5.91 Å². The Bertz CT molecular complexity index is 833. The Morgan fingerprint density at radius 3 is 2.41 bits per heavy atom. The molecule has 2 fully saturated rings. The molecule has 0 radical (unpaired) electrons. The van der Waals surface area contributed by atoms with Crippen LogP contribution < -0.4 is 4.90 Å². The Morgan fingerprint density at radius 1 is 1.17 bits per heavy atom. The van der Waals surface area contributed by atoms with E-state index in [4.69, 9.17) is 9.90 Å². The molecule has 4 rings (SSSR count). The zero-order valence-electron chi connectivity index (χ0n) is 15.2. The molecule has 7 nitrogen and oxygen atoms in total. The maximum absolute atomic E-state index is 12.6. The topological polar surface area (TPSA) is 86.6 Å². The van der Waals surface area contributed by atoms with Gasteiger partial charge in [0.1, 0.15) is 0 Å². The Labute approximate surface area is 168 Å². The predicted molar refractivity (Wildman–Crippen MR) is 99.6 cm³/mol. The van der Waals surface area contributed by atoms with Crippen LogP contribution in [0, 0.1) is 0 Å². The van der Waals surface area contributed by atoms with E-state index in [0.717, 1.165) is 37.4 Å². The maximum Gasteiger partial charge on any atom is 0.490 e. The fourth-order valence-corrected chi connectivity index (χ4v) is 4.32. The average Bonchev–Trinajstić information content (AvgIpc) is 3.39. The van der Waals surface area contributed by atoms with Crippen molar-refractivity contribution in [2.24, 2.45) is 0 Å². The number of hydrogen-bond acceptors (Lipinski definition) is 6. The van der Waals surface area contributed by atoms with Crippen LogP contribution in [0.4, 0.5) is 19.1 Å². The molecule has 156 valence electrons. The van der Waals surface area contributed by atoms with Crippen LogP contribution in [0.3, 0.4) is 0 Å². The highest BCUT2D eigenvalue weighted by Gasteiger charge is 2.45. The summed E-state index contributed by atoms with van der Waals surface area (Å²) in [6.07, 6.45) is 1.03. The summed E-state index contributed by atoms with van der Waals surface area (Å²) in [7, 11) is 0. The van der Waals surface area contributed by atoms with Gasteiger partial charge in [0, 0.05) is 25.5 Å². The number of aromatic nitrogens is 2. The number of rotatable bonds is 3. The van der Waals surface area contributed by atoms with Crippen molar-refractivity contribution in [3.63, 3.8) is 0 Å². The van der Waals surface area contributed by atoms with E-state index >= 15 is 0 Å². The second-order valence-electron chi connectivity index (χ2n) is 6.65. The van der Waals surface area contributed by atoms with Crippen LogP contribution in [-0.2, 0) is 16.0 Å². The quantitative estimate of drug-likeness (QED) is 0.809. The number of carboxylic acids is 1. The van der Waals surface area contributed by atoms with Crippen LogP contribution in [-0.4, -0.2) is 63.2 Å². The summed E-state index contributed by atoms with van der Waals surface area (Å²) in [6.45, 7) is 1.78. The van der Waals surface area contributed by atoms with Crippen molar-refractivity contribution >= 4 is 29.2 Å². The van der Waals surface area contributed by atoms with E-state index in [1.165, 1.54) is 0 Å². The molecule has 2 aliphatic rings. The number of amides is 1. The monoisotopic (exact) mass is 428 g/mol. The molecule has 0 spiro atoms. The first-order valence-corrected chi connectivity index (χ1v) is 9.86. The number of nitrogens with zero attached hydrogens (tertiary/aromatic N) is 4. The Hall–Kier alpha value is -2.69. The van der Waals surface area contributed by atoms with Crippen molar-refractivity contribution in [3.05, 3.63) is 40.8 Å². The first-order valence-electron chi connectivity index (χ1n) is 8.91. The number of aliphatic carboxylic acids is 1. The standard InChI is InChI=1S/C16H18N4OS.C2HF3O2/c21-15(10-12-4-9-22-11-12)19-7-2-14-13(19)3-8-20(14)16-17-5-1-6-18-16;3-2(4,5)1(6)7/h1,4-6,9,11,13-14H,2-3,7-8,10H2;(H,6,7)/t13-,14+;/m1./s1. The SMILES string of the molecule is O=C(Cc1ccsc1)N1CC[C@H]2[C@H]1CCN2c1ncccn1.O=C(O)C(F)(F)F. The van der Waals surface area contributed by atoms with Crippen molar-refractivity contribution in [2.75, 3.05) is 18.0 Å². The number of carbonyl (C=O) groups excluding carboxylic acids is 1. The van der Waals surface area contributed by atoms with E-state index < -0.39 is 12.1 Å². The minimum absolute atomic E-state index is 0.252. The summed E-state index contributed by atoms with van der Waals surface area (Å²) >= 11 is 1.65. The molecule has 2 aromatic rings. The Morgan fingerprint density at radius 2 is 1.83 bits per heavy atom. The molecule has 2 atom stereocenters. The summed E-state index contributed by atoms with van der Waals surface area (Å²) in [4.78, 5) is 34.5. The van der Waals surface area contributed by atoms with Crippen LogP contribution in [0.25, 0.3) is 0 Å². The second kappa shape index (κ2) is 8.76. The molecule has 29 heavy (non-hydrogen) atoms. The van der Waals surface area contributed by atoms with Gasteiger partial charge in [-0.2, -0.15) is 24.5 Å². The molecule has 1 N–H and O–H groups in total. The van der Waals surface area contributed by atoms with Gasteiger partial charge in [0.25, 0.3) is 0 Å². The van der Waals surface area contributed by atoms with Gasteiger partial charge in [0.2, 0.25) is 11.9 Å². The summed E-state index contributed by atoms with van der Waals surface area (Å²) in [6, 6.07) is 4.56. The summed E-state index contributed by atoms with van der Waals surface area (Å²) < 4.78 is 31.7. The van der Waals surface area contributed by atoms with E-state index in [1.807, 2.05) is 17.5 Å². The first-order chi connectivity index (χ1) is 13.8. The van der Waals surface area contributed by atoms with Crippen LogP contribution >= 0.6 is 11.3 Å². The van der Waals surface area contributed by atoms with E-state index in [2.05, 4.69) is 25.1 Å². The normalized spacial score (nSPS) is 20.8. The Kier molecular flexibility index (Phi) is 6.36. The second-order valence-corrected chi connectivity index (χ2v) is 7.43. The number of hydrogen-bond donors (Lipinski definition) is 1. The molecule has 0 unspecified atom stereocenters. The molecular formula is C18H19F3N4O3S. The number of alkyl halides is 3. The first kappa shape index (κ1) is 21.0. The number of halogens is 3. The lowest BCUT2D eigenvalue weighted by molar-refractivity contribution is -0.192. The largest absolute Gasteiger partial charge is 0.490 e. The smallest absolute Gasteiger partial charge is 0.475 e. The fraction of sp³-hybridized carbons (Fsp3) is 0.444. The highest BCUT2D eigenvalue weighted by molar-refractivity contribution is 7.08. The van der Waals surface area contributed by atoms with Gasteiger partial charge in [-0.15, -0.1) is 0 Å². The number of fused-ring (bicyclic) bond motifs is 1. The van der Waals surface area contributed by atoms with Gasteiger partial charge in [-0.3, -0.25) is 4.79 Å². The lowest BCUT2D eigenvalue weighted by Crippen LogP contribution is -2.40. The molecule has 2 saturated heterocycles. The van der Waals surface area contributed by atoms with E-state index in [1.54, 1.807) is 23.7 Å². The van der Waals surface area contributed by atoms with Crippen molar-refractivity contribution in [1.29, 1.82) is 0 Å². The van der Waals surface area contributed by atoms with Crippen LogP contribution in [0.2, 0.25) is 0 Å². The van der Waals surface area contributed by atoms with Crippen molar-refractivity contribution in [1.82, 2.24) is 14.9 Å². The van der Waals surface area contributed by atoms with E-state index in [9.17, 15) is 18.0 Å². The van der Waals surface area contributed by atoms with Crippen molar-refractivity contribution in [3.8, 4) is 0 Å². The lowest BCUT2D eigenvalue weighted by atomic mass is 10.1. The molecule has 4 heterocycles. The molecule has 11 heteroatoms. The van der Waals surface area contributed by atoms with Crippen molar-refractivity contribution < 1.29 is 27.9 Å². The van der Waals surface area contributed by atoms with Gasteiger partial charge in [0.05, 0.1) is 18.5 Å². The average molecular weight is 428 g/mol. The lowest BCUT2D eigenvalue weighted by Gasteiger charge is -2.25. The number of likely N-dealkylation sites (tertiary alicyclic amines) is 1. The minimum atomic E-state index is -5.08. The third-order valence-corrected chi connectivity index (χ3v) is 5.62. The number of carbonyl (C=O) groups is 2. The highest BCUT2D eigenvalue weighted by Crippen LogP contribution is 2.33. The number of carboxylic acid groups (broad SMARTS) is 1. The molecule has 0 aromatic carbocycles. The van der Waals surface area contributed by atoms with E-state index in [0.29, 0.717) is 18.5 Å². The summed E-state index contributed by atoms with van der Waals surface area (Å²) in [5.41, 5.74) is 1.12. The molecular weight excluding hydrogens is 409 g/mol. The van der Waals surface area contributed by atoms with Gasteiger partial charge in [-0.25, -0.2) is 14.8 Å². The maximum atomic E-state index is 12.6. The third kappa shape index (κ3) is 5.03. The van der Waals surface area contributed by atoms with Gasteiger partial charge < -0.3 is 14.9 Å². The molecule has 2 aromatic heterocycles. The Balaban J connectivity index is 0.000000298. The summed E-state index contributed by atoms with van der Waals surface area (Å²) in [5, 5.41) is 11.2. The third-order valence-electron chi connectivity index (χ3n) is 4.88. The van der Waals surface area contributed by atoms with Gasteiger partial charge in [-0.1, -0.05) is 0 Å². The molecule has 2 aliphatic heterocycles. The number of anilines is 1. The van der Waals surface area contributed by atoms with Crippen LogP contribution in [0.1, 0.15) is 18.4 Å². The van der Waals surface area contributed by atoms with Crippen LogP contribution in [0.5, 0.6) is 0 Å². The van der Waals surface area contributed by atoms with Crippen LogP contribution in [0.15, 0.2) is 35.3 Å². The molecule has 0 saturated carbocycles. The summed E-state index contributed by atoms with van der Waals surface area (Å²) in [5.74, 6) is -1.71. The van der Waals surface area contributed by atoms with Crippen molar-refractivity contribution in [2.45, 2.75) is 37.5 Å². The predicted octanol–water partition coefficient (Wildman–Crippen LogP) is 2.59. The van der Waals surface area contributed by atoms with Gasteiger partial charge >= 0.3 is 12.1 Å².